The van der Waals surface area contributed by atoms with Gasteiger partial charge in [0.15, 0.2) is 0 Å². The third-order valence-electron chi connectivity index (χ3n) is 8.74. The van der Waals surface area contributed by atoms with E-state index in [1.807, 2.05) is 13.8 Å². The van der Waals surface area contributed by atoms with Crippen molar-refractivity contribution < 1.29 is 0 Å². The largest absolute Gasteiger partial charge is 0.0988 e. The molecule has 0 rings (SSSR count). The lowest BCUT2D eigenvalue weighted by atomic mass is 9.73. The highest BCUT2D eigenvalue weighted by Crippen LogP contribution is 2.33. The first-order valence-corrected chi connectivity index (χ1v) is 15.9. The van der Waals surface area contributed by atoms with Gasteiger partial charge in [0.25, 0.3) is 0 Å². The summed E-state index contributed by atoms with van der Waals surface area (Å²) in [4.78, 5) is 0. The molecule has 0 saturated carbocycles. The lowest BCUT2D eigenvalue weighted by molar-refractivity contribution is 0.164. The number of allylic oxidation sites excluding steroid dienone is 4. The molecular formula is C37H78. The van der Waals surface area contributed by atoms with Crippen LogP contribution in [-0.2, 0) is 0 Å². The molecule has 0 spiro atoms. The smallest absolute Gasteiger partial charge is 0.0386 e. The predicted molar refractivity (Wildman–Crippen MR) is 181 cm³/mol. The van der Waals surface area contributed by atoms with Crippen molar-refractivity contribution >= 4 is 0 Å². The second-order valence-corrected chi connectivity index (χ2v) is 12.3. The summed E-state index contributed by atoms with van der Waals surface area (Å²) in [5, 5.41) is 0. The Labute approximate surface area is 240 Å². The molecule has 0 fully saturated rings. The van der Waals surface area contributed by atoms with E-state index in [4.69, 9.17) is 0 Å². The predicted octanol–water partition coefficient (Wildman–Crippen LogP) is 13.8. The molecule has 0 heterocycles. The van der Waals surface area contributed by atoms with E-state index in [0.29, 0.717) is 0 Å². The Balaban J connectivity index is -0.000000126. The second kappa shape index (κ2) is 31.4. The van der Waals surface area contributed by atoms with Crippen LogP contribution >= 0.6 is 0 Å². The summed E-state index contributed by atoms with van der Waals surface area (Å²) in [6.07, 6.45) is 10.4. The van der Waals surface area contributed by atoms with E-state index in [-0.39, 0.29) is 0 Å². The highest BCUT2D eigenvalue weighted by molar-refractivity contribution is 5.05. The van der Waals surface area contributed by atoms with Crippen LogP contribution in [0, 0.1) is 47.3 Å². The van der Waals surface area contributed by atoms with Crippen molar-refractivity contribution in [3.63, 3.8) is 0 Å². The minimum absolute atomic E-state index is 0.861. The molecule has 0 N–H and O–H groups in total. The van der Waals surface area contributed by atoms with E-state index in [1.165, 1.54) is 37.7 Å². The first-order valence-electron chi connectivity index (χ1n) is 15.9. The molecule has 0 saturated heterocycles. The molecule has 37 heavy (non-hydrogen) atoms. The minimum Gasteiger partial charge on any atom is -0.0988 e. The summed E-state index contributed by atoms with van der Waals surface area (Å²) in [7, 11) is 0. The van der Waals surface area contributed by atoms with Gasteiger partial charge in [0.1, 0.15) is 0 Å². The summed E-state index contributed by atoms with van der Waals surface area (Å²) in [5.74, 6) is 7.05. The van der Waals surface area contributed by atoms with Gasteiger partial charge in [-0.1, -0.05) is 165 Å². The molecule has 0 aromatic heterocycles. The van der Waals surface area contributed by atoms with Gasteiger partial charge in [0.2, 0.25) is 0 Å². The van der Waals surface area contributed by atoms with Crippen LogP contribution in [0.25, 0.3) is 0 Å². The van der Waals surface area contributed by atoms with Crippen molar-refractivity contribution in [1.82, 2.24) is 0 Å². The number of hydrogen-bond donors (Lipinski definition) is 0. The van der Waals surface area contributed by atoms with Crippen LogP contribution < -0.4 is 0 Å². The second-order valence-electron chi connectivity index (χ2n) is 12.3. The lowest BCUT2D eigenvalue weighted by Gasteiger charge is -2.33. The van der Waals surface area contributed by atoms with Gasteiger partial charge in [-0.2, -0.15) is 0 Å². The average Bonchev–Trinajstić information content (AvgIpc) is 2.90. The zero-order valence-electron chi connectivity index (χ0n) is 29.7. The Morgan fingerprint density at radius 2 is 0.757 bits per heavy atom. The van der Waals surface area contributed by atoms with Gasteiger partial charge in [-0.15, -0.1) is 0 Å². The van der Waals surface area contributed by atoms with E-state index < -0.39 is 0 Å². The molecule has 0 aromatic carbocycles. The third kappa shape index (κ3) is 35.2. The quantitative estimate of drug-likeness (QED) is 0.187. The molecule has 0 radical (unpaired) electrons. The van der Waals surface area contributed by atoms with Crippen LogP contribution in [0.1, 0.15) is 157 Å². The molecule has 0 aromatic rings. The monoisotopic (exact) mass is 523 g/mol. The van der Waals surface area contributed by atoms with Crippen molar-refractivity contribution in [2.75, 3.05) is 0 Å². The summed E-state index contributed by atoms with van der Waals surface area (Å²) in [6.45, 7) is 47.6. The molecular weight excluding hydrogens is 444 g/mol. The topological polar surface area (TPSA) is 0 Å². The van der Waals surface area contributed by atoms with Crippen molar-refractivity contribution in [3.8, 4) is 0 Å². The maximum atomic E-state index is 3.56. The van der Waals surface area contributed by atoms with Gasteiger partial charge in [0, 0.05) is 0 Å². The van der Waals surface area contributed by atoms with E-state index in [9.17, 15) is 0 Å². The van der Waals surface area contributed by atoms with Crippen LogP contribution in [0.5, 0.6) is 0 Å². The molecule has 0 nitrogen and oxygen atoms in total. The average molecular weight is 523 g/mol. The number of rotatable bonds is 11. The maximum Gasteiger partial charge on any atom is -0.0386 e. The summed E-state index contributed by atoms with van der Waals surface area (Å²) in [5.41, 5.74) is 2.40. The van der Waals surface area contributed by atoms with Crippen molar-refractivity contribution in [2.45, 2.75) is 157 Å². The van der Waals surface area contributed by atoms with E-state index >= 15 is 0 Å². The Hall–Kier alpha value is -0.780. The van der Waals surface area contributed by atoms with Gasteiger partial charge in [0.05, 0.1) is 0 Å². The third-order valence-corrected chi connectivity index (χ3v) is 8.74. The van der Waals surface area contributed by atoms with E-state index in [1.54, 1.807) is 6.08 Å². The zero-order valence-corrected chi connectivity index (χ0v) is 29.7. The zero-order chi connectivity index (χ0) is 30.7. The van der Waals surface area contributed by atoms with Gasteiger partial charge in [-0.25, -0.2) is 0 Å². The summed E-state index contributed by atoms with van der Waals surface area (Å²) in [6, 6.07) is 0. The van der Waals surface area contributed by atoms with Crippen molar-refractivity contribution in [3.05, 3.63) is 36.5 Å². The molecule has 0 bridgehead atoms. The fraction of sp³-hybridized carbons (Fsp3) is 0.838. The molecule has 0 aliphatic rings. The molecule has 0 aliphatic heterocycles. The van der Waals surface area contributed by atoms with Gasteiger partial charge in [-0.3, -0.25) is 0 Å². The van der Waals surface area contributed by atoms with Crippen LogP contribution in [0.4, 0.5) is 0 Å². The molecule has 226 valence electrons. The fourth-order valence-electron chi connectivity index (χ4n) is 3.06. The molecule has 7 atom stereocenters. The van der Waals surface area contributed by atoms with Crippen molar-refractivity contribution in [1.29, 1.82) is 0 Å². The van der Waals surface area contributed by atoms with Gasteiger partial charge < -0.3 is 0 Å². The molecule has 0 amide bonds. The lowest BCUT2D eigenvalue weighted by Crippen LogP contribution is -2.25. The minimum atomic E-state index is 0.861. The standard InChI is InChI=1S/C14H30.C8H18.C5H12.C5H10.C5H8/c1-8-10(3)12(5)14(7)13(6)11(4)9-2;1-5-7(3)8(4)6-2;3*1-4-5(2)3/h10-14H,8-9H2,1-7H3;7-8H,5-6H2,1-4H3;5H,4H2,1-3H3;4H,1-3H3;4H,1-2H2,3H3/t10-,11+,12-,13+,14?;7-,8-;;;/m.0.../s1. The molecule has 1 unspecified atom stereocenters. The van der Waals surface area contributed by atoms with Gasteiger partial charge in [-0.05, 0) is 75.0 Å². The van der Waals surface area contributed by atoms with E-state index in [0.717, 1.165) is 52.9 Å². The first kappa shape index (κ1) is 46.1. The maximum absolute atomic E-state index is 3.56. The van der Waals surface area contributed by atoms with Crippen molar-refractivity contribution in [2.24, 2.45) is 47.3 Å². The Bertz CT molecular complexity index is 466. The van der Waals surface area contributed by atoms with Crippen LogP contribution in [-0.4, -0.2) is 0 Å². The first-order chi connectivity index (χ1) is 17.0. The SMILES string of the molecule is C=CC(=C)C.CC=C(C)C.CCC(C)C.CC[C@@H](C)[C@@H](C)C(C)[C@@H](C)[C@@H](C)CC.CC[C@H](C)[C@@H](C)CC. The normalized spacial score (nSPS) is 15.5. The Morgan fingerprint density at radius 1 is 0.541 bits per heavy atom. The van der Waals surface area contributed by atoms with Crippen LogP contribution in [0.15, 0.2) is 36.5 Å². The highest BCUT2D eigenvalue weighted by atomic mass is 14.3. The summed E-state index contributed by atoms with van der Waals surface area (Å²) >= 11 is 0. The van der Waals surface area contributed by atoms with E-state index in [2.05, 4.69) is 130 Å². The summed E-state index contributed by atoms with van der Waals surface area (Å²) < 4.78 is 0. The Morgan fingerprint density at radius 3 is 0.865 bits per heavy atom. The van der Waals surface area contributed by atoms with Gasteiger partial charge >= 0.3 is 0 Å². The highest BCUT2D eigenvalue weighted by Gasteiger charge is 2.25. The fourth-order valence-corrected chi connectivity index (χ4v) is 3.06. The molecule has 0 heteroatoms. The Kier molecular flexibility index (Phi) is 39.2. The van der Waals surface area contributed by atoms with Crippen LogP contribution in [0.2, 0.25) is 0 Å². The molecule has 0 aliphatic carbocycles. The number of hydrogen-bond acceptors (Lipinski definition) is 0. The van der Waals surface area contributed by atoms with Crippen LogP contribution in [0.3, 0.4) is 0 Å².